The number of carbonyl (C=O) groups is 2. The zero-order valence-electron chi connectivity index (χ0n) is 15.6. The third kappa shape index (κ3) is 3.74. The van der Waals surface area contributed by atoms with E-state index in [1.165, 1.54) is 9.58 Å². The largest absolute Gasteiger partial charge is 0.497 e. The monoisotopic (exact) mass is 406 g/mol. The molecule has 0 spiro atoms. The van der Waals surface area contributed by atoms with Gasteiger partial charge in [0, 0.05) is 12.7 Å². The number of aromatic amines is 1. The van der Waals surface area contributed by atoms with Crippen LogP contribution in [0.15, 0.2) is 33.6 Å². The van der Waals surface area contributed by atoms with Crippen molar-refractivity contribution in [3.05, 3.63) is 40.4 Å². The van der Waals surface area contributed by atoms with Crippen LogP contribution < -0.4 is 20.4 Å². The molecule has 11 heteroatoms. The molecule has 10 nitrogen and oxygen atoms in total. The Morgan fingerprint density at radius 1 is 1.36 bits per heavy atom. The average Bonchev–Trinajstić information content (AvgIpc) is 3.09. The number of H-pyrrole nitrogens is 1. The topological polar surface area (TPSA) is 112 Å². The Labute approximate surface area is 165 Å². The number of hydrogen-bond donors (Lipinski definition) is 2. The van der Waals surface area contributed by atoms with E-state index in [9.17, 15) is 14.4 Å². The van der Waals surface area contributed by atoms with Crippen LogP contribution in [0, 0.1) is 0 Å². The Morgan fingerprint density at radius 2 is 2.04 bits per heavy atom. The lowest BCUT2D eigenvalue weighted by Crippen LogP contribution is -2.44. The van der Waals surface area contributed by atoms with Crippen LogP contribution in [-0.4, -0.2) is 52.2 Å². The van der Waals surface area contributed by atoms with Crippen molar-refractivity contribution in [1.29, 1.82) is 0 Å². The van der Waals surface area contributed by atoms with Crippen LogP contribution >= 0.6 is 12.2 Å². The molecule has 1 aromatic heterocycles. The highest BCUT2D eigenvalue weighted by Crippen LogP contribution is 2.22. The van der Waals surface area contributed by atoms with Crippen LogP contribution in [0.5, 0.6) is 5.75 Å². The van der Waals surface area contributed by atoms with Gasteiger partial charge in [0.05, 0.1) is 13.5 Å². The number of nitrogens with one attached hydrogen (secondary N) is 2. The average molecular weight is 406 g/mol. The fourth-order valence-electron chi connectivity index (χ4n) is 2.91. The van der Waals surface area contributed by atoms with Crippen molar-refractivity contribution in [3.63, 3.8) is 0 Å². The molecule has 1 fully saturated rings. The summed E-state index contributed by atoms with van der Waals surface area (Å²) in [7, 11) is 4.70. The quantitative estimate of drug-likeness (QED) is 0.503. The number of hydrogen-bond acceptors (Lipinski definition) is 6. The standard InChI is InChI=1S/C17H19N5O5S/c1-20-15(24)12(8-14(23)18-10-4-6-11(26-3)7-5-10)22(17(20)28)9-13-16(25)27-19-21(13)2/h4-7,12H,8-9H2,1-3H3,(H-,18,19,23,25)/p+1. The van der Waals surface area contributed by atoms with Gasteiger partial charge in [0.15, 0.2) is 12.2 Å². The number of thiocarbonyl (C=S) groups is 1. The molecule has 28 heavy (non-hydrogen) atoms. The van der Waals surface area contributed by atoms with E-state index in [4.69, 9.17) is 21.5 Å². The number of ether oxygens (including phenoxy) is 1. The van der Waals surface area contributed by atoms with E-state index in [1.54, 1.807) is 50.4 Å². The van der Waals surface area contributed by atoms with Gasteiger partial charge in [-0.25, -0.2) is 4.79 Å². The van der Waals surface area contributed by atoms with E-state index in [2.05, 4.69) is 10.6 Å². The van der Waals surface area contributed by atoms with Crippen LogP contribution in [0.25, 0.3) is 0 Å². The SMILES string of the molecule is COc1ccc(NC(=O)CC2C(=O)N(C)C(=S)N2Cc2c(=O)o[nH][n+]2C)cc1. The lowest BCUT2D eigenvalue weighted by atomic mass is 10.1. The van der Waals surface area contributed by atoms with Gasteiger partial charge in [0.1, 0.15) is 18.3 Å². The molecule has 1 saturated heterocycles. The van der Waals surface area contributed by atoms with E-state index in [1.807, 2.05) is 0 Å². The highest BCUT2D eigenvalue weighted by Gasteiger charge is 2.43. The van der Waals surface area contributed by atoms with Gasteiger partial charge in [-0.3, -0.25) is 19.0 Å². The van der Waals surface area contributed by atoms with Gasteiger partial charge in [-0.05, 0) is 41.8 Å². The lowest BCUT2D eigenvalue weighted by molar-refractivity contribution is -0.746. The number of amides is 2. The van der Waals surface area contributed by atoms with Gasteiger partial charge >= 0.3 is 11.3 Å². The van der Waals surface area contributed by atoms with E-state index in [0.717, 1.165) is 0 Å². The number of anilines is 1. The molecule has 2 N–H and O–H groups in total. The highest BCUT2D eigenvalue weighted by atomic mass is 32.1. The van der Waals surface area contributed by atoms with Gasteiger partial charge < -0.3 is 15.0 Å². The molecule has 0 radical (unpaired) electrons. The normalized spacial score (nSPS) is 16.6. The minimum atomic E-state index is -0.815. The Balaban J connectivity index is 1.75. The minimum Gasteiger partial charge on any atom is -0.497 e. The molecular weight excluding hydrogens is 386 g/mol. The van der Waals surface area contributed by atoms with Gasteiger partial charge in [-0.2, -0.15) is 0 Å². The Kier molecular flexibility index (Phi) is 5.45. The Hall–Kier alpha value is -3.21. The van der Waals surface area contributed by atoms with Crippen LogP contribution in [0.4, 0.5) is 5.69 Å². The molecule has 3 rings (SSSR count). The summed E-state index contributed by atoms with van der Waals surface area (Å²) >= 11 is 5.32. The van der Waals surface area contributed by atoms with E-state index < -0.39 is 11.7 Å². The second-order valence-electron chi connectivity index (χ2n) is 6.29. The molecule has 0 saturated carbocycles. The first-order chi connectivity index (χ1) is 13.3. The van der Waals surface area contributed by atoms with Crippen molar-refractivity contribution in [2.45, 2.75) is 19.0 Å². The number of likely N-dealkylation sites (N-methyl/N-ethyl adjacent to an activating group) is 1. The first-order valence-corrected chi connectivity index (χ1v) is 8.81. The van der Waals surface area contributed by atoms with Gasteiger partial charge in [-0.15, -0.1) is 0 Å². The molecule has 0 aliphatic carbocycles. The van der Waals surface area contributed by atoms with Crippen LogP contribution in [0.2, 0.25) is 0 Å². The van der Waals surface area contributed by atoms with Gasteiger partial charge in [0.2, 0.25) is 5.91 Å². The predicted octanol–water partition coefficient (Wildman–Crippen LogP) is -0.243. The molecular formula is C17H20N5O5S+. The molecule has 1 aliphatic heterocycles. The highest BCUT2D eigenvalue weighted by molar-refractivity contribution is 7.80. The van der Waals surface area contributed by atoms with Crippen molar-refractivity contribution >= 4 is 34.8 Å². The molecule has 2 aromatic rings. The van der Waals surface area contributed by atoms with Crippen molar-refractivity contribution in [2.75, 3.05) is 19.5 Å². The fraction of sp³-hybridized carbons (Fsp3) is 0.353. The summed E-state index contributed by atoms with van der Waals surface area (Å²) in [5.74, 6) is 0.00914. The number of aromatic nitrogens is 2. The van der Waals surface area contributed by atoms with E-state index in [0.29, 0.717) is 11.4 Å². The van der Waals surface area contributed by atoms with Crippen molar-refractivity contribution < 1.29 is 23.5 Å². The van der Waals surface area contributed by atoms with E-state index in [-0.39, 0.29) is 35.6 Å². The first kappa shape index (κ1) is 19.5. The van der Waals surface area contributed by atoms with Crippen molar-refractivity contribution in [2.24, 2.45) is 7.05 Å². The predicted molar refractivity (Wildman–Crippen MR) is 101 cm³/mol. The van der Waals surface area contributed by atoms with Gasteiger partial charge in [0.25, 0.3) is 5.91 Å². The number of carbonyl (C=O) groups excluding carboxylic acids is 2. The zero-order valence-corrected chi connectivity index (χ0v) is 16.4. The molecule has 1 aromatic carbocycles. The van der Waals surface area contributed by atoms with E-state index >= 15 is 0 Å². The minimum absolute atomic E-state index is 0.0394. The van der Waals surface area contributed by atoms with Crippen molar-refractivity contribution in [1.82, 2.24) is 15.1 Å². The summed E-state index contributed by atoms with van der Waals surface area (Å²) in [4.78, 5) is 39.8. The summed E-state index contributed by atoms with van der Waals surface area (Å²) in [6, 6.07) is 6.03. The summed E-state index contributed by atoms with van der Waals surface area (Å²) in [6.45, 7) is 0.0394. The summed E-state index contributed by atoms with van der Waals surface area (Å²) in [6.07, 6.45) is -0.116. The number of nitrogens with zero attached hydrogens (tertiary/aromatic N) is 3. The third-order valence-electron chi connectivity index (χ3n) is 4.51. The molecule has 148 valence electrons. The molecule has 1 atom stereocenters. The smallest absolute Gasteiger partial charge is 0.431 e. The zero-order chi connectivity index (χ0) is 20.4. The Morgan fingerprint density at radius 3 is 2.61 bits per heavy atom. The van der Waals surface area contributed by atoms with Gasteiger partial charge in [-0.1, -0.05) is 4.68 Å². The maximum Gasteiger partial charge on any atom is 0.431 e. The second kappa shape index (κ2) is 7.80. The summed E-state index contributed by atoms with van der Waals surface area (Å²) in [5, 5.41) is 5.41. The molecule has 2 amide bonds. The maximum absolute atomic E-state index is 12.6. The van der Waals surface area contributed by atoms with Crippen LogP contribution in [0.1, 0.15) is 12.1 Å². The second-order valence-corrected chi connectivity index (χ2v) is 6.66. The molecule has 1 aliphatic rings. The fourth-order valence-corrected chi connectivity index (χ4v) is 3.19. The van der Waals surface area contributed by atoms with Crippen molar-refractivity contribution in [3.8, 4) is 5.75 Å². The summed E-state index contributed by atoms with van der Waals surface area (Å²) in [5.41, 5.74) is 0.302. The first-order valence-electron chi connectivity index (χ1n) is 8.40. The number of methoxy groups -OCH3 is 1. The maximum atomic E-state index is 12.6. The number of rotatable bonds is 6. The Bertz CT molecular complexity index is 967. The number of benzene rings is 1. The third-order valence-corrected chi connectivity index (χ3v) is 5.02. The molecule has 2 heterocycles. The number of aryl methyl sites for hydroxylation is 1. The molecule has 1 unspecified atom stereocenters. The summed E-state index contributed by atoms with van der Waals surface area (Å²) < 4.78 is 11.2. The van der Waals surface area contributed by atoms with Crippen LogP contribution in [-0.2, 0) is 23.2 Å². The lowest BCUT2D eigenvalue weighted by Gasteiger charge is -2.21. The molecule has 0 bridgehead atoms. The van der Waals surface area contributed by atoms with Crippen LogP contribution in [0.3, 0.4) is 0 Å².